The summed E-state index contributed by atoms with van der Waals surface area (Å²) in [6.07, 6.45) is 3.66. The lowest BCUT2D eigenvalue weighted by Gasteiger charge is -2.36. The average molecular weight is 393 g/mol. The third kappa shape index (κ3) is 4.60. The first-order valence-corrected chi connectivity index (χ1v) is 10.0. The van der Waals surface area contributed by atoms with Crippen LogP contribution in [0, 0.1) is 0 Å². The predicted molar refractivity (Wildman–Crippen MR) is 114 cm³/mol. The van der Waals surface area contributed by atoms with E-state index in [0.29, 0.717) is 18.4 Å². The maximum Gasteiger partial charge on any atom is 0.239 e. The number of amides is 1. The number of nitrogens with one attached hydrogen (secondary N) is 1. The fourth-order valence-corrected chi connectivity index (χ4v) is 3.67. The molecule has 0 bridgehead atoms. The molecule has 0 unspecified atom stereocenters. The molecule has 0 atom stereocenters. The summed E-state index contributed by atoms with van der Waals surface area (Å²) in [7, 11) is 1.85. The Kier molecular flexibility index (Phi) is 5.55. The van der Waals surface area contributed by atoms with E-state index in [4.69, 9.17) is 0 Å². The number of rotatable bonds is 5. The maximum atomic E-state index is 12.5. The van der Waals surface area contributed by atoms with Gasteiger partial charge in [-0.05, 0) is 31.4 Å². The molecule has 1 aliphatic heterocycles. The third-order valence-corrected chi connectivity index (χ3v) is 5.39. The molecule has 1 N–H and O–H groups in total. The molecule has 152 valence electrons. The molecule has 0 spiro atoms. The number of fused-ring (bicyclic) bond motifs is 1. The normalized spacial score (nSPS) is 15.9. The molecule has 0 radical (unpaired) electrons. The zero-order chi connectivity index (χ0) is 20.4. The highest BCUT2D eigenvalue weighted by Crippen LogP contribution is 2.24. The molecule has 8 heteroatoms. The van der Waals surface area contributed by atoms with Crippen molar-refractivity contribution in [2.45, 2.75) is 19.9 Å². The van der Waals surface area contributed by atoms with Crippen LogP contribution in [0.4, 0.5) is 5.82 Å². The van der Waals surface area contributed by atoms with E-state index in [1.807, 2.05) is 37.5 Å². The maximum absolute atomic E-state index is 12.5. The van der Waals surface area contributed by atoms with E-state index in [1.165, 1.54) is 0 Å². The predicted octanol–water partition coefficient (Wildman–Crippen LogP) is 1.99. The third-order valence-electron chi connectivity index (χ3n) is 5.39. The fraction of sp³-hybridized carbons (Fsp3) is 0.429. The van der Waals surface area contributed by atoms with E-state index < -0.39 is 0 Å². The number of carbonyl (C=O) groups excluding carboxylic acids is 1. The van der Waals surface area contributed by atoms with Gasteiger partial charge in [-0.25, -0.2) is 4.98 Å². The number of benzene rings is 1. The summed E-state index contributed by atoms with van der Waals surface area (Å²) < 4.78 is 1.68. The highest BCUT2D eigenvalue weighted by molar-refractivity contribution is 5.94. The zero-order valence-corrected chi connectivity index (χ0v) is 17.2. The van der Waals surface area contributed by atoms with E-state index in [9.17, 15) is 4.79 Å². The molecule has 2 aromatic heterocycles. The summed E-state index contributed by atoms with van der Waals surface area (Å²) in [5.41, 5.74) is 1.80. The van der Waals surface area contributed by atoms with Gasteiger partial charge in [0.05, 0.1) is 12.7 Å². The number of hydrogen-bond donors (Lipinski definition) is 1. The van der Waals surface area contributed by atoms with Crippen molar-refractivity contribution in [3.8, 4) is 11.3 Å². The first kappa shape index (κ1) is 19.5. The number of pyridine rings is 1. The Bertz CT molecular complexity index is 1010. The summed E-state index contributed by atoms with van der Waals surface area (Å²) >= 11 is 0. The van der Waals surface area contributed by atoms with Crippen LogP contribution >= 0.6 is 0 Å². The molecule has 1 saturated heterocycles. The van der Waals surface area contributed by atoms with Gasteiger partial charge in [-0.3, -0.25) is 19.3 Å². The van der Waals surface area contributed by atoms with Crippen LogP contribution in [-0.2, 0) is 11.8 Å². The highest BCUT2D eigenvalue weighted by Gasteiger charge is 2.20. The van der Waals surface area contributed by atoms with Gasteiger partial charge in [0.2, 0.25) is 5.91 Å². The lowest BCUT2D eigenvalue weighted by Crippen LogP contribution is -2.50. The number of hydrogen-bond acceptors (Lipinski definition) is 6. The van der Waals surface area contributed by atoms with Gasteiger partial charge in [0.1, 0.15) is 11.5 Å². The molecular weight excluding hydrogens is 366 g/mol. The summed E-state index contributed by atoms with van der Waals surface area (Å²) in [4.78, 5) is 21.5. The number of carbonyl (C=O) groups is 1. The average Bonchev–Trinajstić information content (AvgIpc) is 3.14. The lowest BCUT2D eigenvalue weighted by atomic mass is 10.1. The van der Waals surface area contributed by atoms with Gasteiger partial charge in [0.25, 0.3) is 0 Å². The van der Waals surface area contributed by atoms with Crippen LogP contribution in [0.3, 0.4) is 0 Å². The Morgan fingerprint density at radius 2 is 1.93 bits per heavy atom. The molecule has 1 aliphatic rings. The van der Waals surface area contributed by atoms with Crippen molar-refractivity contribution in [1.29, 1.82) is 0 Å². The van der Waals surface area contributed by atoms with Crippen molar-refractivity contribution < 1.29 is 4.79 Å². The van der Waals surface area contributed by atoms with Crippen molar-refractivity contribution in [3.05, 3.63) is 36.7 Å². The minimum absolute atomic E-state index is 0.0278. The fourth-order valence-electron chi connectivity index (χ4n) is 3.67. The van der Waals surface area contributed by atoms with Crippen LogP contribution in [-0.4, -0.2) is 74.5 Å². The number of anilines is 1. The minimum atomic E-state index is -0.0278. The van der Waals surface area contributed by atoms with Crippen molar-refractivity contribution in [2.24, 2.45) is 7.05 Å². The second kappa shape index (κ2) is 8.26. The van der Waals surface area contributed by atoms with Gasteiger partial charge >= 0.3 is 0 Å². The standard InChI is InChI=1S/C21H27N7O/c1-15(2)28-8-6-27(7-9-28)14-21(29)23-20-11-18-10-16(4-5-17(18)12-22-20)19-13-26(3)25-24-19/h4-5,10-13,15H,6-9,14H2,1-3H3,(H,22,23,29). The Balaban J connectivity index is 1.42. The first-order chi connectivity index (χ1) is 14.0. The lowest BCUT2D eigenvalue weighted by molar-refractivity contribution is -0.117. The molecule has 4 rings (SSSR count). The van der Waals surface area contributed by atoms with Crippen LogP contribution in [0.15, 0.2) is 36.7 Å². The van der Waals surface area contributed by atoms with Crippen molar-refractivity contribution in [2.75, 3.05) is 38.0 Å². The molecule has 3 aromatic rings. The molecule has 0 saturated carbocycles. The molecule has 8 nitrogen and oxygen atoms in total. The number of aromatic nitrogens is 4. The van der Waals surface area contributed by atoms with Crippen LogP contribution in [0.2, 0.25) is 0 Å². The number of aryl methyl sites for hydroxylation is 1. The van der Waals surface area contributed by atoms with Crippen molar-refractivity contribution in [3.63, 3.8) is 0 Å². The topological polar surface area (TPSA) is 79.2 Å². The smallest absolute Gasteiger partial charge is 0.239 e. The van der Waals surface area contributed by atoms with Gasteiger partial charge < -0.3 is 5.32 Å². The van der Waals surface area contributed by atoms with Crippen LogP contribution in [0.25, 0.3) is 22.0 Å². The molecule has 0 aliphatic carbocycles. The Morgan fingerprint density at radius 1 is 1.14 bits per heavy atom. The van der Waals surface area contributed by atoms with E-state index >= 15 is 0 Å². The van der Waals surface area contributed by atoms with Gasteiger partial charge in [0.15, 0.2) is 0 Å². The monoisotopic (exact) mass is 393 g/mol. The molecule has 1 fully saturated rings. The second-order valence-corrected chi connectivity index (χ2v) is 7.86. The molecular formula is C21H27N7O. The number of piperazine rings is 1. The summed E-state index contributed by atoms with van der Waals surface area (Å²) in [5, 5.41) is 13.1. The zero-order valence-electron chi connectivity index (χ0n) is 17.2. The van der Waals surface area contributed by atoms with Crippen LogP contribution in [0.1, 0.15) is 13.8 Å². The van der Waals surface area contributed by atoms with E-state index in [-0.39, 0.29) is 5.91 Å². The van der Waals surface area contributed by atoms with Gasteiger partial charge in [-0.1, -0.05) is 17.3 Å². The van der Waals surface area contributed by atoms with E-state index in [2.05, 4.69) is 44.3 Å². The van der Waals surface area contributed by atoms with Crippen LogP contribution in [0.5, 0.6) is 0 Å². The van der Waals surface area contributed by atoms with Gasteiger partial charge in [-0.2, -0.15) is 0 Å². The van der Waals surface area contributed by atoms with Crippen molar-refractivity contribution >= 4 is 22.5 Å². The molecule has 1 aromatic carbocycles. The Labute approximate surface area is 170 Å². The summed E-state index contributed by atoms with van der Waals surface area (Å²) in [5.74, 6) is 0.541. The van der Waals surface area contributed by atoms with E-state index in [1.54, 1.807) is 10.9 Å². The Hall–Kier alpha value is -2.84. The van der Waals surface area contributed by atoms with Gasteiger partial charge in [0, 0.05) is 56.4 Å². The second-order valence-electron chi connectivity index (χ2n) is 7.86. The summed E-state index contributed by atoms with van der Waals surface area (Å²) in [6, 6.07) is 8.51. The number of nitrogens with zero attached hydrogens (tertiary/aromatic N) is 6. The SMILES string of the molecule is CC(C)N1CCN(CC(=O)Nc2cc3cc(-c4cn(C)nn4)ccc3cn2)CC1. The quantitative estimate of drug-likeness (QED) is 0.714. The highest BCUT2D eigenvalue weighted by atomic mass is 16.2. The molecule has 3 heterocycles. The van der Waals surface area contributed by atoms with Crippen LogP contribution < -0.4 is 5.32 Å². The largest absolute Gasteiger partial charge is 0.310 e. The Morgan fingerprint density at radius 3 is 2.62 bits per heavy atom. The minimum Gasteiger partial charge on any atom is -0.310 e. The first-order valence-electron chi connectivity index (χ1n) is 10.0. The van der Waals surface area contributed by atoms with Crippen molar-refractivity contribution in [1.82, 2.24) is 29.8 Å². The molecule has 29 heavy (non-hydrogen) atoms. The van der Waals surface area contributed by atoms with Gasteiger partial charge in [-0.15, -0.1) is 5.10 Å². The summed E-state index contributed by atoms with van der Waals surface area (Å²) in [6.45, 7) is 8.66. The molecule has 1 amide bonds. The van der Waals surface area contributed by atoms with E-state index in [0.717, 1.165) is 48.2 Å².